The summed E-state index contributed by atoms with van der Waals surface area (Å²) in [5.74, 6) is -0.931. The second kappa shape index (κ2) is 8.77. The highest BCUT2D eigenvalue weighted by atomic mass is 19.1. The topological polar surface area (TPSA) is 58.6 Å². The van der Waals surface area contributed by atoms with Crippen LogP contribution in [0.4, 0.5) is 4.39 Å². The third-order valence-electron chi connectivity index (χ3n) is 4.75. The average molecular weight is 370 g/mol. The van der Waals surface area contributed by atoms with E-state index in [0.29, 0.717) is 38.1 Å². The molecule has 1 aliphatic heterocycles. The Labute approximate surface area is 158 Å². The quantitative estimate of drug-likeness (QED) is 0.880. The van der Waals surface area contributed by atoms with Gasteiger partial charge in [0.25, 0.3) is 11.8 Å². The first-order chi connectivity index (χ1) is 13.1. The van der Waals surface area contributed by atoms with Gasteiger partial charge < -0.3 is 15.0 Å². The summed E-state index contributed by atoms with van der Waals surface area (Å²) < 4.78 is 18.9. The zero-order valence-electron chi connectivity index (χ0n) is 15.3. The Bertz CT molecular complexity index is 799. The Morgan fingerprint density at radius 3 is 2.41 bits per heavy atom. The van der Waals surface area contributed by atoms with E-state index in [1.807, 2.05) is 12.1 Å². The summed E-state index contributed by atoms with van der Waals surface area (Å²) >= 11 is 0. The summed E-state index contributed by atoms with van der Waals surface area (Å²) in [6, 6.07) is 13.3. The minimum atomic E-state index is -0.505. The van der Waals surface area contributed by atoms with Gasteiger partial charge in [-0.15, -0.1) is 0 Å². The first-order valence-corrected chi connectivity index (χ1v) is 9.01. The summed E-state index contributed by atoms with van der Waals surface area (Å²) in [5, 5.41) is 3.02. The Hall–Kier alpha value is -2.73. The largest absolute Gasteiger partial charge is 0.380 e. The number of carbonyl (C=O) groups is 2. The van der Waals surface area contributed by atoms with Crippen LogP contribution in [0.25, 0.3) is 0 Å². The van der Waals surface area contributed by atoms with Crippen LogP contribution < -0.4 is 5.32 Å². The lowest BCUT2D eigenvalue weighted by Gasteiger charge is -2.32. The molecule has 5 nitrogen and oxygen atoms in total. The second-order valence-electron chi connectivity index (χ2n) is 6.65. The van der Waals surface area contributed by atoms with Gasteiger partial charge in [0.05, 0.1) is 12.2 Å². The van der Waals surface area contributed by atoms with Crippen LogP contribution in [0.2, 0.25) is 0 Å². The van der Waals surface area contributed by atoms with Crippen LogP contribution >= 0.6 is 0 Å². The van der Waals surface area contributed by atoms with Gasteiger partial charge in [0.1, 0.15) is 5.82 Å². The minimum Gasteiger partial charge on any atom is -0.380 e. The van der Waals surface area contributed by atoms with Gasteiger partial charge in [0.2, 0.25) is 0 Å². The summed E-state index contributed by atoms with van der Waals surface area (Å²) in [6.45, 7) is 1.49. The third-order valence-corrected chi connectivity index (χ3v) is 4.75. The minimum absolute atomic E-state index is 0.000761. The summed E-state index contributed by atoms with van der Waals surface area (Å²) in [7, 11) is 1.63. The average Bonchev–Trinajstić information content (AvgIpc) is 2.69. The molecule has 0 aromatic heterocycles. The zero-order chi connectivity index (χ0) is 19.2. The van der Waals surface area contributed by atoms with E-state index in [-0.39, 0.29) is 23.4 Å². The van der Waals surface area contributed by atoms with Gasteiger partial charge in [-0.1, -0.05) is 24.3 Å². The number of methoxy groups -OCH3 is 1. The van der Waals surface area contributed by atoms with E-state index in [1.54, 1.807) is 36.3 Å². The molecule has 2 aromatic carbocycles. The fourth-order valence-corrected chi connectivity index (χ4v) is 3.22. The van der Waals surface area contributed by atoms with Crippen LogP contribution in [0.15, 0.2) is 48.5 Å². The number of hydrogen-bond donors (Lipinski definition) is 1. The van der Waals surface area contributed by atoms with Gasteiger partial charge in [-0.05, 0) is 42.7 Å². The Morgan fingerprint density at radius 2 is 1.78 bits per heavy atom. The van der Waals surface area contributed by atoms with Crippen molar-refractivity contribution < 1.29 is 18.7 Å². The lowest BCUT2D eigenvalue weighted by Crippen LogP contribution is -2.46. The number of nitrogens with zero attached hydrogens (tertiary/aromatic N) is 1. The first-order valence-electron chi connectivity index (χ1n) is 9.01. The highest BCUT2D eigenvalue weighted by Gasteiger charge is 2.26. The maximum Gasteiger partial charge on any atom is 0.256 e. The molecule has 27 heavy (non-hydrogen) atoms. The van der Waals surface area contributed by atoms with E-state index >= 15 is 0 Å². The lowest BCUT2D eigenvalue weighted by atomic mass is 10.0. The molecule has 1 N–H and O–H groups in total. The molecule has 142 valence electrons. The molecule has 0 radical (unpaired) electrons. The molecule has 1 heterocycles. The molecule has 0 unspecified atom stereocenters. The first kappa shape index (κ1) is 19.0. The summed E-state index contributed by atoms with van der Waals surface area (Å²) in [6.07, 6.45) is 1.29. The van der Waals surface area contributed by atoms with Crippen LogP contribution in [0.1, 0.15) is 39.1 Å². The van der Waals surface area contributed by atoms with E-state index in [9.17, 15) is 14.0 Å². The Morgan fingerprint density at radius 1 is 1.11 bits per heavy atom. The van der Waals surface area contributed by atoms with Gasteiger partial charge in [0.15, 0.2) is 0 Å². The van der Waals surface area contributed by atoms with Crippen molar-refractivity contribution in [3.63, 3.8) is 0 Å². The fourth-order valence-electron chi connectivity index (χ4n) is 3.22. The summed E-state index contributed by atoms with van der Waals surface area (Å²) in [4.78, 5) is 26.5. The molecule has 1 fully saturated rings. The normalized spacial score (nSPS) is 14.8. The molecule has 0 bridgehead atoms. The van der Waals surface area contributed by atoms with Crippen LogP contribution in [-0.4, -0.2) is 43.0 Å². The number of amides is 2. The third kappa shape index (κ3) is 4.71. The Kier molecular flexibility index (Phi) is 6.19. The number of rotatable bonds is 5. The SMILES string of the molecule is COCc1ccc(C(=O)NC2CCN(C(=O)c3ccccc3F)CC2)cc1. The molecule has 2 aromatic rings. The van der Waals surface area contributed by atoms with Crippen molar-refractivity contribution in [2.75, 3.05) is 20.2 Å². The molecule has 0 spiro atoms. The predicted octanol–water partition coefficient (Wildman–Crippen LogP) is 3.01. The van der Waals surface area contributed by atoms with Crippen LogP contribution in [0.5, 0.6) is 0 Å². The molecule has 0 saturated carbocycles. The molecular formula is C21H23FN2O3. The van der Waals surface area contributed by atoms with E-state index < -0.39 is 5.82 Å². The number of benzene rings is 2. The zero-order valence-corrected chi connectivity index (χ0v) is 15.3. The monoisotopic (exact) mass is 370 g/mol. The number of ether oxygens (including phenoxy) is 1. The number of carbonyl (C=O) groups excluding carboxylic acids is 2. The highest BCUT2D eigenvalue weighted by Crippen LogP contribution is 2.16. The van der Waals surface area contributed by atoms with Gasteiger partial charge >= 0.3 is 0 Å². The molecule has 1 aliphatic rings. The molecular weight excluding hydrogens is 347 g/mol. The molecule has 2 amide bonds. The number of halogens is 1. The summed E-state index contributed by atoms with van der Waals surface area (Å²) in [5.41, 5.74) is 1.70. The van der Waals surface area contributed by atoms with Crippen LogP contribution in [0.3, 0.4) is 0 Å². The van der Waals surface area contributed by atoms with Crippen molar-refractivity contribution in [2.24, 2.45) is 0 Å². The molecule has 0 atom stereocenters. The molecule has 0 aliphatic carbocycles. The van der Waals surface area contributed by atoms with Crippen molar-refractivity contribution in [1.29, 1.82) is 0 Å². The van der Waals surface area contributed by atoms with Crippen molar-refractivity contribution in [2.45, 2.75) is 25.5 Å². The van der Waals surface area contributed by atoms with Crippen molar-refractivity contribution in [3.8, 4) is 0 Å². The second-order valence-corrected chi connectivity index (χ2v) is 6.65. The highest BCUT2D eigenvalue weighted by molar-refractivity contribution is 5.95. The van der Waals surface area contributed by atoms with Crippen molar-refractivity contribution >= 4 is 11.8 Å². The van der Waals surface area contributed by atoms with E-state index in [1.165, 1.54) is 12.1 Å². The van der Waals surface area contributed by atoms with Crippen molar-refractivity contribution in [3.05, 3.63) is 71.0 Å². The van der Waals surface area contributed by atoms with E-state index in [4.69, 9.17) is 4.74 Å². The van der Waals surface area contributed by atoms with Gasteiger partial charge in [-0.2, -0.15) is 0 Å². The number of piperidine rings is 1. The molecule has 1 saturated heterocycles. The van der Waals surface area contributed by atoms with Gasteiger partial charge in [-0.25, -0.2) is 4.39 Å². The van der Waals surface area contributed by atoms with E-state index in [2.05, 4.69) is 5.32 Å². The maximum absolute atomic E-state index is 13.8. The van der Waals surface area contributed by atoms with E-state index in [0.717, 1.165) is 5.56 Å². The maximum atomic E-state index is 13.8. The van der Waals surface area contributed by atoms with Crippen LogP contribution in [0, 0.1) is 5.82 Å². The fraction of sp³-hybridized carbons (Fsp3) is 0.333. The standard InChI is InChI=1S/C21H23FN2O3/c1-27-14-15-6-8-16(9-7-15)20(25)23-17-10-12-24(13-11-17)21(26)18-4-2-3-5-19(18)22/h2-9,17H,10-14H2,1H3,(H,23,25). The number of likely N-dealkylation sites (tertiary alicyclic amines) is 1. The van der Waals surface area contributed by atoms with Gasteiger partial charge in [-0.3, -0.25) is 9.59 Å². The number of hydrogen-bond acceptors (Lipinski definition) is 3. The predicted molar refractivity (Wildman–Crippen MR) is 99.9 cm³/mol. The number of nitrogens with one attached hydrogen (secondary N) is 1. The molecule has 6 heteroatoms. The Balaban J connectivity index is 1.52. The van der Waals surface area contributed by atoms with Gasteiger partial charge in [0, 0.05) is 31.8 Å². The van der Waals surface area contributed by atoms with Crippen LogP contribution in [-0.2, 0) is 11.3 Å². The van der Waals surface area contributed by atoms with Crippen molar-refractivity contribution in [1.82, 2.24) is 10.2 Å². The smallest absolute Gasteiger partial charge is 0.256 e. The molecule has 3 rings (SSSR count). The lowest BCUT2D eigenvalue weighted by molar-refractivity contribution is 0.0693.